The lowest BCUT2D eigenvalue weighted by atomic mass is 10.1. The first-order valence-electron chi connectivity index (χ1n) is 8.31. The number of halogens is 2. The van der Waals surface area contributed by atoms with Crippen LogP contribution in [0.4, 0.5) is 5.69 Å². The molecule has 2 aromatic carbocycles. The quantitative estimate of drug-likeness (QED) is 0.187. The molecule has 0 radical (unpaired) electrons. The van der Waals surface area contributed by atoms with Crippen LogP contribution in [-0.2, 0) is 9.59 Å². The van der Waals surface area contributed by atoms with Gasteiger partial charge in [0, 0.05) is 33.5 Å². The highest BCUT2D eigenvalue weighted by Gasteiger charge is 2.38. The zero-order chi connectivity index (χ0) is 21.3. The minimum absolute atomic E-state index is 0.00212. The van der Waals surface area contributed by atoms with E-state index in [4.69, 9.17) is 23.2 Å². The highest BCUT2D eigenvalue weighted by atomic mass is 35.5. The monoisotopic (exact) mass is 435 g/mol. The molecule has 1 amide bonds. The fraction of sp³-hybridized carbons (Fsp3) is 0.105. The summed E-state index contributed by atoms with van der Waals surface area (Å²) in [6.07, 6.45) is -0.830. The van der Waals surface area contributed by atoms with Crippen molar-refractivity contribution in [2.24, 2.45) is 0 Å². The van der Waals surface area contributed by atoms with Crippen molar-refractivity contribution in [3.05, 3.63) is 63.9 Å². The molecule has 3 N–H and O–H groups in total. The van der Waals surface area contributed by atoms with Crippen LogP contribution in [0.5, 0.6) is 0 Å². The van der Waals surface area contributed by atoms with E-state index in [1.807, 2.05) is 0 Å². The van der Waals surface area contributed by atoms with E-state index in [-0.39, 0.29) is 33.1 Å². The highest BCUT2D eigenvalue weighted by molar-refractivity contribution is 6.45. The predicted octanol–water partition coefficient (Wildman–Crippen LogP) is 2.29. The van der Waals surface area contributed by atoms with Crippen LogP contribution in [0.1, 0.15) is 22.6 Å². The van der Waals surface area contributed by atoms with E-state index in [1.54, 1.807) is 12.1 Å². The maximum Gasteiger partial charge on any atom is 0.371 e. The Morgan fingerprint density at radius 2 is 1.62 bits per heavy atom. The Morgan fingerprint density at radius 3 is 2.28 bits per heavy atom. The molecule has 3 rings (SSSR count). The molecule has 0 spiro atoms. The van der Waals surface area contributed by atoms with Gasteiger partial charge in [-0.15, -0.1) is 0 Å². The summed E-state index contributed by atoms with van der Waals surface area (Å²) >= 11 is 11.8. The number of carbonyl (C=O) groups excluding carboxylic acids is 3. The third kappa shape index (κ3) is 3.98. The van der Waals surface area contributed by atoms with Gasteiger partial charge in [0.2, 0.25) is 11.6 Å². The number of amides is 1. The number of anilines is 1. The molecule has 0 aliphatic rings. The van der Waals surface area contributed by atoms with Gasteiger partial charge in [0.15, 0.2) is 0 Å². The van der Waals surface area contributed by atoms with Gasteiger partial charge in [-0.3, -0.25) is 24.8 Å². The molecule has 0 aliphatic carbocycles. The number of ketones is 2. The van der Waals surface area contributed by atoms with Gasteiger partial charge < -0.3 is 5.32 Å². The van der Waals surface area contributed by atoms with Gasteiger partial charge in [0.1, 0.15) is 0 Å². The summed E-state index contributed by atoms with van der Waals surface area (Å²) in [5, 5.41) is 23.4. The molecule has 1 aromatic heterocycles. The maximum absolute atomic E-state index is 12.6. The summed E-state index contributed by atoms with van der Waals surface area (Å²) in [4.78, 5) is 37.0. The largest absolute Gasteiger partial charge is 0.371 e. The van der Waals surface area contributed by atoms with E-state index < -0.39 is 23.9 Å². The predicted molar refractivity (Wildman–Crippen MR) is 102 cm³/mol. The fourth-order valence-electron chi connectivity index (χ4n) is 2.79. The first-order valence-corrected chi connectivity index (χ1v) is 9.06. The molecule has 0 unspecified atom stereocenters. The number of carbonyl (C=O) groups is 3. The second-order valence-corrected chi connectivity index (χ2v) is 6.99. The number of hydrogen-bond donors (Lipinski definition) is 3. The van der Waals surface area contributed by atoms with Crippen LogP contribution in [-0.4, -0.2) is 27.9 Å². The van der Waals surface area contributed by atoms with E-state index >= 15 is 0 Å². The molecule has 29 heavy (non-hydrogen) atoms. The van der Waals surface area contributed by atoms with Crippen molar-refractivity contribution >= 4 is 57.4 Å². The molecule has 1 heterocycles. The Morgan fingerprint density at radius 1 is 1.00 bits per heavy atom. The molecule has 8 nitrogen and oxygen atoms in total. The summed E-state index contributed by atoms with van der Waals surface area (Å²) in [6, 6.07) is 10.6. The number of para-hydroxylation sites is 2. The molecule has 0 saturated carbocycles. The summed E-state index contributed by atoms with van der Waals surface area (Å²) in [5.74, 6) is -2.97. The first kappa shape index (κ1) is 20.5. The zero-order valence-corrected chi connectivity index (χ0v) is 16.5. The lowest BCUT2D eigenvalue weighted by Crippen LogP contribution is -2.49. The average Bonchev–Trinajstić information content (AvgIpc) is 2.69. The van der Waals surface area contributed by atoms with E-state index in [9.17, 15) is 24.8 Å². The van der Waals surface area contributed by atoms with Gasteiger partial charge in [-0.05, 0) is 18.2 Å². The second kappa shape index (κ2) is 8.02. The Bertz CT molecular complexity index is 1180. The SMILES string of the molecule is Cc1c(C(=O)CC(=O)C(=O)Nc2cc(Cl)ccc2Cl)[n+](O)c2ccccc2[n+]1O. The van der Waals surface area contributed by atoms with Crippen molar-refractivity contribution in [1.29, 1.82) is 0 Å². The number of Topliss-reactive ketones (excluding diaryl/α,β-unsaturated/α-hetero) is 2. The number of hydrogen-bond acceptors (Lipinski definition) is 5. The van der Waals surface area contributed by atoms with Gasteiger partial charge in [0.05, 0.1) is 17.1 Å². The van der Waals surface area contributed by atoms with Crippen LogP contribution in [0, 0.1) is 6.92 Å². The highest BCUT2D eigenvalue weighted by Crippen LogP contribution is 2.25. The molecule has 0 saturated heterocycles. The number of benzene rings is 2. The van der Waals surface area contributed by atoms with Crippen LogP contribution < -0.4 is 14.8 Å². The maximum atomic E-state index is 12.6. The molecule has 3 aromatic rings. The van der Waals surface area contributed by atoms with Crippen molar-refractivity contribution in [3.63, 3.8) is 0 Å². The normalized spacial score (nSPS) is 10.7. The number of nitrogens with one attached hydrogen (secondary N) is 1. The summed E-state index contributed by atoms with van der Waals surface area (Å²) in [7, 11) is 0. The molecule has 0 bridgehead atoms. The lowest BCUT2D eigenvalue weighted by molar-refractivity contribution is -0.924. The van der Waals surface area contributed by atoms with E-state index in [0.717, 1.165) is 4.73 Å². The van der Waals surface area contributed by atoms with Crippen molar-refractivity contribution in [2.45, 2.75) is 13.3 Å². The Balaban J connectivity index is 1.85. The molecule has 0 fully saturated rings. The minimum Gasteiger partial charge on any atom is -0.318 e. The van der Waals surface area contributed by atoms with Gasteiger partial charge in [-0.2, -0.15) is 0 Å². The van der Waals surface area contributed by atoms with Gasteiger partial charge in [0.25, 0.3) is 5.91 Å². The summed E-state index contributed by atoms with van der Waals surface area (Å²) in [5.41, 5.74) is 0.197. The second-order valence-electron chi connectivity index (χ2n) is 6.15. The average molecular weight is 436 g/mol. The molecule has 0 atom stereocenters. The third-order valence-corrected chi connectivity index (χ3v) is 4.79. The van der Waals surface area contributed by atoms with Crippen LogP contribution in [0.25, 0.3) is 11.0 Å². The van der Waals surface area contributed by atoms with Crippen LogP contribution in [0.15, 0.2) is 42.5 Å². The number of nitrogens with zero attached hydrogens (tertiary/aromatic N) is 2. The summed E-state index contributed by atoms with van der Waals surface area (Å²) in [6.45, 7) is 1.39. The molecule has 148 valence electrons. The molecular formula is C19H15Cl2N3O5+2. The Kier molecular flexibility index (Phi) is 5.67. The Hall–Kier alpha value is -3.23. The molecule has 0 aliphatic heterocycles. The van der Waals surface area contributed by atoms with Crippen molar-refractivity contribution in [1.82, 2.24) is 0 Å². The van der Waals surface area contributed by atoms with Gasteiger partial charge >= 0.3 is 22.4 Å². The standard InChI is InChI=1S/C19H14Cl2N3O5/c1-10-18(24(29)15-5-3-2-4-14(15)23(10)28)16(25)9-17(26)19(27)22-13-8-11(20)6-7-12(13)21/h2-8H,9H2,1H3,(H2-,22,25,26,27,28,29)/q+1/p+1. The minimum atomic E-state index is -1.07. The summed E-state index contributed by atoms with van der Waals surface area (Å²) < 4.78 is 1.31. The van der Waals surface area contributed by atoms with Crippen LogP contribution in [0.3, 0.4) is 0 Å². The van der Waals surface area contributed by atoms with Gasteiger partial charge in [-0.1, -0.05) is 35.3 Å². The van der Waals surface area contributed by atoms with Crippen LogP contribution >= 0.6 is 23.2 Å². The zero-order valence-electron chi connectivity index (χ0n) is 15.0. The first-order chi connectivity index (χ1) is 13.7. The van der Waals surface area contributed by atoms with Crippen molar-refractivity contribution < 1.29 is 34.3 Å². The van der Waals surface area contributed by atoms with Crippen LogP contribution in [0.2, 0.25) is 10.0 Å². The number of fused-ring (bicyclic) bond motifs is 1. The number of aromatic nitrogens is 2. The molecule has 10 heteroatoms. The van der Waals surface area contributed by atoms with Gasteiger partial charge in [-0.25, -0.2) is 0 Å². The van der Waals surface area contributed by atoms with E-state index in [0.29, 0.717) is 9.75 Å². The Labute approximate surface area is 174 Å². The lowest BCUT2D eigenvalue weighted by Gasteiger charge is -2.06. The van der Waals surface area contributed by atoms with E-state index in [2.05, 4.69) is 5.32 Å². The third-order valence-electron chi connectivity index (χ3n) is 4.23. The molecular weight excluding hydrogens is 421 g/mol. The smallest absolute Gasteiger partial charge is 0.318 e. The van der Waals surface area contributed by atoms with Crippen molar-refractivity contribution in [3.8, 4) is 0 Å². The fourth-order valence-corrected chi connectivity index (χ4v) is 3.13. The topological polar surface area (TPSA) is 111 Å². The van der Waals surface area contributed by atoms with E-state index in [1.165, 1.54) is 37.3 Å². The van der Waals surface area contributed by atoms with Crippen molar-refractivity contribution in [2.75, 3.05) is 5.32 Å². The number of rotatable bonds is 5.